The number of nitrogens with zero attached hydrogens (tertiary/aromatic N) is 1. The van der Waals surface area contributed by atoms with Crippen LogP contribution in [0, 0.1) is 0 Å². The fraction of sp³-hybridized carbons (Fsp3) is 0.625. The van der Waals surface area contributed by atoms with E-state index >= 15 is 0 Å². The van der Waals surface area contributed by atoms with Crippen LogP contribution in [0.1, 0.15) is 30.0 Å². The van der Waals surface area contributed by atoms with Gasteiger partial charge in [0, 0.05) is 43.7 Å². The maximum atomic E-state index is 3.78. The summed E-state index contributed by atoms with van der Waals surface area (Å²) in [4.78, 5) is 2.60. The van der Waals surface area contributed by atoms with E-state index in [1.54, 1.807) is 11.1 Å². The van der Waals surface area contributed by atoms with Crippen molar-refractivity contribution in [3.63, 3.8) is 0 Å². The number of nitrogens with one attached hydrogen (secondary N) is 1. The molecule has 3 rings (SSSR count). The average molecular weight is 276 g/mol. The van der Waals surface area contributed by atoms with Crippen LogP contribution in [0.3, 0.4) is 0 Å². The summed E-state index contributed by atoms with van der Waals surface area (Å²) in [5.41, 5.74) is 3.10. The molecule has 1 aromatic rings. The Balaban J connectivity index is 1.50. The zero-order valence-electron chi connectivity index (χ0n) is 11.6. The molecule has 19 heavy (non-hydrogen) atoms. The fourth-order valence-electron chi connectivity index (χ4n) is 3.19. The number of thioether (sulfide) groups is 1. The highest BCUT2D eigenvalue weighted by Gasteiger charge is 2.19. The highest BCUT2D eigenvalue weighted by Crippen LogP contribution is 2.29. The third kappa shape index (κ3) is 3.53. The molecule has 104 valence electrons. The molecule has 3 heteroatoms. The summed E-state index contributed by atoms with van der Waals surface area (Å²) in [6.07, 6.45) is 3.89. The van der Waals surface area contributed by atoms with Gasteiger partial charge in [0.15, 0.2) is 0 Å². The summed E-state index contributed by atoms with van der Waals surface area (Å²) >= 11 is 2.09. The number of rotatable bonds is 4. The van der Waals surface area contributed by atoms with E-state index in [1.807, 2.05) is 0 Å². The summed E-state index contributed by atoms with van der Waals surface area (Å²) in [5.74, 6) is 2.62. The summed E-state index contributed by atoms with van der Waals surface area (Å²) < 4.78 is 0. The van der Waals surface area contributed by atoms with Crippen molar-refractivity contribution in [3.8, 4) is 0 Å². The molecule has 1 saturated heterocycles. The lowest BCUT2D eigenvalue weighted by Gasteiger charge is -2.29. The molecule has 0 amide bonds. The normalized spacial score (nSPS) is 24.1. The van der Waals surface area contributed by atoms with E-state index in [0.717, 1.165) is 6.54 Å². The molecule has 0 spiro atoms. The van der Waals surface area contributed by atoms with Crippen LogP contribution in [-0.2, 0) is 6.42 Å². The summed E-state index contributed by atoms with van der Waals surface area (Å²) in [6.45, 7) is 4.88. The van der Waals surface area contributed by atoms with Gasteiger partial charge >= 0.3 is 0 Å². The summed E-state index contributed by atoms with van der Waals surface area (Å²) in [6, 6.07) is 9.55. The van der Waals surface area contributed by atoms with Crippen molar-refractivity contribution in [1.29, 1.82) is 0 Å². The number of benzene rings is 1. The predicted octanol–water partition coefficient (Wildman–Crippen LogP) is 2.70. The van der Waals surface area contributed by atoms with Crippen LogP contribution in [0.2, 0.25) is 0 Å². The molecule has 2 nitrogen and oxygen atoms in total. The Morgan fingerprint density at radius 3 is 2.95 bits per heavy atom. The molecule has 2 aliphatic rings. The van der Waals surface area contributed by atoms with Crippen LogP contribution in [0.5, 0.6) is 0 Å². The standard InChI is InChI=1S/C16H24N2S/c1-2-6-15-14(4-1)5-3-7-16(15)17-8-9-18-10-12-19-13-11-18/h1-2,4,6,16-17H,3,5,7-13H2. The molecule has 1 aliphatic heterocycles. The topological polar surface area (TPSA) is 15.3 Å². The molecule has 0 bridgehead atoms. The van der Waals surface area contributed by atoms with Crippen molar-refractivity contribution in [2.24, 2.45) is 0 Å². The molecular formula is C16H24N2S. The van der Waals surface area contributed by atoms with Gasteiger partial charge in [0.1, 0.15) is 0 Å². The third-order valence-corrected chi connectivity index (χ3v) is 5.23. The molecule has 0 aromatic heterocycles. The van der Waals surface area contributed by atoms with Crippen molar-refractivity contribution >= 4 is 11.8 Å². The Morgan fingerprint density at radius 2 is 2.05 bits per heavy atom. The number of hydrogen-bond acceptors (Lipinski definition) is 3. The minimum atomic E-state index is 0.587. The first-order valence-corrected chi connectivity index (χ1v) is 8.70. The van der Waals surface area contributed by atoms with Gasteiger partial charge in [0.25, 0.3) is 0 Å². The molecule has 1 fully saturated rings. The Hall–Kier alpha value is -0.510. The summed E-state index contributed by atoms with van der Waals surface area (Å²) in [5, 5.41) is 3.78. The number of aryl methyl sites for hydroxylation is 1. The SMILES string of the molecule is c1ccc2c(c1)CCCC2NCCN1CCSCC1. The molecule has 1 heterocycles. The van der Waals surface area contributed by atoms with Gasteiger partial charge in [-0.15, -0.1) is 0 Å². The zero-order valence-corrected chi connectivity index (χ0v) is 12.4. The van der Waals surface area contributed by atoms with Crippen LogP contribution >= 0.6 is 11.8 Å². The van der Waals surface area contributed by atoms with E-state index in [-0.39, 0.29) is 0 Å². The van der Waals surface area contributed by atoms with E-state index < -0.39 is 0 Å². The van der Waals surface area contributed by atoms with Crippen molar-refractivity contribution < 1.29 is 0 Å². The molecule has 1 aliphatic carbocycles. The van der Waals surface area contributed by atoms with Gasteiger partial charge in [-0.3, -0.25) is 0 Å². The van der Waals surface area contributed by atoms with Crippen molar-refractivity contribution in [1.82, 2.24) is 10.2 Å². The second-order valence-electron chi connectivity index (χ2n) is 5.55. The largest absolute Gasteiger partial charge is 0.309 e. The molecular weight excluding hydrogens is 252 g/mol. The minimum absolute atomic E-state index is 0.587. The van der Waals surface area contributed by atoms with Gasteiger partial charge in [-0.25, -0.2) is 0 Å². The molecule has 0 radical (unpaired) electrons. The predicted molar refractivity (Wildman–Crippen MR) is 83.9 cm³/mol. The maximum Gasteiger partial charge on any atom is 0.0323 e. The van der Waals surface area contributed by atoms with Gasteiger partial charge < -0.3 is 10.2 Å². The fourth-order valence-corrected chi connectivity index (χ4v) is 4.17. The van der Waals surface area contributed by atoms with Crippen molar-refractivity contribution in [2.75, 3.05) is 37.7 Å². The highest BCUT2D eigenvalue weighted by atomic mass is 32.2. The second-order valence-corrected chi connectivity index (χ2v) is 6.78. The molecule has 1 atom stereocenters. The van der Waals surface area contributed by atoms with E-state index in [9.17, 15) is 0 Å². The first-order valence-electron chi connectivity index (χ1n) is 7.55. The lowest BCUT2D eigenvalue weighted by Crippen LogP contribution is -2.39. The van der Waals surface area contributed by atoms with Gasteiger partial charge in [-0.2, -0.15) is 11.8 Å². The van der Waals surface area contributed by atoms with Crippen molar-refractivity contribution in [2.45, 2.75) is 25.3 Å². The molecule has 1 unspecified atom stereocenters. The maximum absolute atomic E-state index is 3.78. The Labute approximate surface area is 121 Å². The van der Waals surface area contributed by atoms with Gasteiger partial charge in [0.05, 0.1) is 0 Å². The lowest BCUT2D eigenvalue weighted by atomic mass is 9.88. The highest BCUT2D eigenvalue weighted by molar-refractivity contribution is 7.99. The number of fused-ring (bicyclic) bond motifs is 1. The lowest BCUT2D eigenvalue weighted by molar-refractivity contribution is 0.292. The van der Waals surface area contributed by atoms with Crippen LogP contribution in [0.4, 0.5) is 0 Å². The Morgan fingerprint density at radius 1 is 1.21 bits per heavy atom. The third-order valence-electron chi connectivity index (χ3n) is 4.29. The smallest absolute Gasteiger partial charge is 0.0323 e. The van der Waals surface area contributed by atoms with E-state index in [1.165, 1.54) is 50.4 Å². The second kappa shape index (κ2) is 6.78. The zero-order chi connectivity index (χ0) is 12.9. The Bertz CT molecular complexity index is 401. The van der Waals surface area contributed by atoms with Crippen LogP contribution in [-0.4, -0.2) is 42.6 Å². The minimum Gasteiger partial charge on any atom is -0.309 e. The quantitative estimate of drug-likeness (QED) is 0.910. The first kappa shape index (κ1) is 13.5. The van der Waals surface area contributed by atoms with Crippen LogP contribution in [0.15, 0.2) is 24.3 Å². The first-order chi connectivity index (χ1) is 9.43. The molecule has 1 N–H and O–H groups in total. The van der Waals surface area contributed by atoms with Crippen LogP contribution < -0.4 is 5.32 Å². The Kier molecular flexibility index (Phi) is 4.81. The van der Waals surface area contributed by atoms with Crippen molar-refractivity contribution in [3.05, 3.63) is 35.4 Å². The van der Waals surface area contributed by atoms with Gasteiger partial charge in [-0.1, -0.05) is 24.3 Å². The number of hydrogen-bond donors (Lipinski definition) is 1. The molecule has 1 aromatic carbocycles. The van der Waals surface area contributed by atoms with E-state index in [4.69, 9.17) is 0 Å². The van der Waals surface area contributed by atoms with Gasteiger partial charge in [0.2, 0.25) is 0 Å². The monoisotopic (exact) mass is 276 g/mol. The summed E-state index contributed by atoms with van der Waals surface area (Å²) in [7, 11) is 0. The van der Waals surface area contributed by atoms with Gasteiger partial charge in [-0.05, 0) is 30.4 Å². The van der Waals surface area contributed by atoms with E-state index in [2.05, 4.69) is 46.2 Å². The van der Waals surface area contributed by atoms with E-state index in [0.29, 0.717) is 6.04 Å². The molecule has 0 saturated carbocycles. The average Bonchev–Trinajstić information content (AvgIpc) is 2.49. The van der Waals surface area contributed by atoms with Crippen LogP contribution in [0.25, 0.3) is 0 Å².